The van der Waals surface area contributed by atoms with Gasteiger partial charge in [0.25, 0.3) is 0 Å². The second-order valence-corrected chi connectivity index (χ2v) is 7.28. The lowest BCUT2D eigenvalue weighted by atomic mass is 10.1. The van der Waals surface area contributed by atoms with Gasteiger partial charge in [-0.2, -0.15) is 0 Å². The number of thiophene rings is 1. The van der Waals surface area contributed by atoms with E-state index in [1.807, 2.05) is 6.92 Å². The van der Waals surface area contributed by atoms with Crippen molar-refractivity contribution in [1.82, 2.24) is 5.32 Å². The van der Waals surface area contributed by atoms with Crippen molar-refractivity contribution in [2.24, 2.45) is 0 Å². The van der Waals surface area contributed by atoms with Crippen LogP contribution < -0.4 is 10.1 Å². The van der Waals surface area contributed by atoms with Gasteiger partial charge in [-0.15, -0.1) is 11.3 Å². The molecule has 22 heavy (non-hydrogen) atoms. The Hall–Kier alpha value is -1.76. The second-order valence-electron chi connectivity index (χ2n) is 6.18. The Labute approximate surface area is 133 Å². The zero-order valence-corrected chi connectivity index (χ0v) is 14.0. The quantitative estimate of drug-likeness (QED) is 0.892. The first kappa shape index (κ1) is 16.6. The Balaban J connectivity index is 2.09. The normalized spacial score (nSPS) is 17.4. The fraction of sp³-hybridized carbons (Fsp3) is 0.600. The molecule has 0 saturated carbocycles. The van der Waals surface area contributed by atoms with Gasteiger partial charge in [0, 0.05) is 16.9 Å². The minimum atomic E-state index is -0.934. The number of hydrogen-bond acceptors (Lipinski definition) is 5. The van der Waals surface area contributed by atoms with Crippen molar-refractivity contribution in [3.05, 3.63) is 15.3 Å². The molecule has 7 heteroatoms. The summed E-state index contributed by atoms with van der Waals surface area (Å²) in [5.41, 5.74) is 0.183. The SMILES string of the molecule is CCc1c(C(=O)O)sc2c1OCC(NC(=O)OC(C)(C)C)C2. The number of rotatable bonds is 3. The zero-order valence-electron chi connectivity index (χ0n) is 13.2. The lowest BCUT2D eigenvalue weighted by molar-refractivity contribution is 0.0482. The van der Waals surface area contributed by atoms with Crippen molar-refractivity contribution in [1.29, 1.82) is 0 Å². The third-order valence-corrected chi connectivity index (χ3v) is 4.38. The van der Waals surface area contributed by atoms with Gasteiger partial charge in [0.1, 0.15) is 22.8 Å². The van der Waals surface area contributed by atoms with Gasteiger partial charge in [0.05, 0.1) is 6.04 Å². The molecule has 0 aromatic carbocycles. The van der Waals surface area contributed by atoms with Gasteiger partial charge < -0.3 is 19.9 Å². The first-order valence-electron chi connectivity index (χ1n) is 7.21. The van der Waals surface area contributed by atoms with E-state index in [9.17, 15) is 14.7 Å². The van der Waals surface area contributed by atoms with Gasteiger partial charge in [-0.25, -0.2) is 9.59 Å². The number of fused-ring (bicyclic) bond motifs is 1. The molecule has 122 valence electrons. The van der Waals surface area contributed by atoms with Crippen molar-refractivity contribution < 1.29 is 24.2 Å². The molecule has 0 saturated heterocycles. The number of carbonyl (C=O) groups excluding carboxylic acids is 1. The van der Waals surface area contributed by atoms with Crippen molar-refractivity contribution in [2.45, 2.75) is 52.2 Å². The van der Waals surface area contributed by atoms with E-state index in [-0.39, 0.29) is 6.04 Å². The van der Waals surface area contributed by atoms with E-state index in [0.717, 1.165) is 10.4 Å². The topological polar surface area (TPSA) is 84.9 Å². The molecule has 1 unspecified atom stereocenters. The summed E-state index contributed by atoms with van der Waals surface area (Å²) < 4.78 is 10.9. The summed E-state index contributed by atoms with van der Waals surface area (Å²) in [7, 11) is 0. The zero-order chi connectivity index (χ0) is 16.5. The molecular weight excluding hydrogens is 306 g/mol. The number of carbonyl (C=O) groups is 2. The van der Waals surface area contributed by atoms with E-state index < -0.39 is 17.7 Å². The van der Waals surface area contributed by atoms with Gasteiger partial charge in [0.15, 0.2) is 0 Å². The maximum absolute atomic E-state index is 11.8. The molecule has 1 aliphatic rings. The fourth-order valence-electron chi connectivity index (χ4n) is 2.33. The summed E-state index contributed by atoms with van der Waals surface area (Å²) >= 11 is 1.22. The van der Waals surface area contributed by atoms with Crippen LogP contribution in [-0.2, 0) is 17.6 Å². The van der Waals surface area contributed by atoms with Crippen LogP contribution in [0.2, 0.25) is 0 Å². The molecule has 0 aliphatic carbocycles. The van der Waals surface area contributed by atoms with Crippen LogP contribution in [0.4, 0.5) is 4.79 Å². The summed E-state index contributed by atoms with van der Waals surface area (Å²) in [6, 6.07) is -0.215. The number of nitrogens with one attached hydrogen (secondary N) is 1. The average Bonchev–Trinajstić information content (AvgIpc) is 2.74. The van der Waals surface area contributed by atoms with Crippen LogP contribution in [0.1, 0.15) is 47.8 Å². The predicted molar refractivity (Wildman–Crippen MR) is 83.0 cm³/mol. The van der Waals surface area contributed by atoms with E-state index in [1.54, 1.807) is 20.8 Å². The summed E-state index contributed by atoms with van der Waals surface area (Å²) in [5.74, 6) is -0.261. The average molecular weight is 327 g/mol. The largest absolute Gasteiger partial charge is 0.490 e. The van der Waals surface area contributed by atoms with E-state index in [2.05, 4.69) is 5.32 Å². The minimum absolute atomic E-state index is 0.215. The molecular formula is C15H21NO5S. The molecule has 6 nitrogen and oxygen atoms in total. The molecule has 1 aliphatic heterocycles. The summed E-state index contributed by atoms with van der Waals surface area (Å²) in [5, 5.41) is 12.0. The monoisotopic (exact) mass is 327 g/mol. The fourth-order valence-corrected chi connectivity index (χ4v) is 3.59. The van der Waals surface area contributed by atoms with Crippen molar-refractivity contribution in [3.8, 4) is 5.75 Å². The van der Waals surface area contributed by atoms with E-state index in [1.165, 1.54) is 11.3 Å². The highest BCUT2D eigenvalue weighted by Crippen LogP contribution is 2.39. The number of carboxylic acids is 1. The van der Waals surface area contributed by atoms with Gasteiger partial charge in [-0.05, 0) is 27.2 Å². The highest BCUT2D eigenvalue weighted by Gasteiger charge is 2.30. The molecule has 2 N–H and O–H groups in total. The molecule has 0 bridgehead atoms. The van der Waals surface area contributed by atoms with Crippen molar-refractivity contribution in [2.75, 3.05) is 6.61 Å². The summed E-state index contributed by atoms with van der Waals surface area (Å²) in [4.78, 5) is 24.3. The molecule has 1 aromatic rings. The third kappa shape index (κ3) is 3.71. The van der Waals surface area contributed by atoms with Crippen LogP contribution in [-0.4, -0.2) is 35.4 Å². The Kier molecular flexibility index (Phi) is 4.65. The molecule has 0 spiro atoms. The van der Waals surface area contributed by atoms with Crippen LogP contribution in [0.5, 0.6) is 5.75 Å². The molecule has 0 fully saturated rings. The van der Waals surface area contributed by atoms with Crippen LogP contribution in [0.15, 0.2) is 0 Å². The predicted octanol–water partition coefficient (Wildman–Crippen LogP) is 2.84. The Bertz CT molecular complexity index is 587. The number of aromatic carboxylic acids is 1. The summed E-state index contributed by atoms with van der Waals surface area (Å²) in [6.07, 6.45) is 0.673. The van der Waals surface area contributed by atoms with Crippen molar-refractivity contribution in [3.63, 3.8) is 0 Å². The highest BCUT2D eigenvalue weighted by molar-refractivity contribution is 7.14. The van der Waals surface area contributed by atoms with Crippen LogP contribution in [0, 0.1) is 0 Å². The highest BCUT2D eigenvalue weighted by atomic mass is 32.1. The first-order chi connectivity index (χ1) is 10.2. The number of carboxylic acid groups (broad SMARTS) is 1. The van der Waals surface area contributed by atoms with E-state index in [0.29, 0.717) is 30.1 Å². The van der Waals surface area contributed by atoms with Crippen LogP contribution >= 0.6 is 11.3 Å². The van der Waals surface area contributed by atoms with Crippen LogP contribution in [0.25, 0.3) is 0 Å². The van der Waals surface area contributed by atoms with Crippen LogP contribution in [0.3, 0.4) is 0 Å². The summed E-state index contributed by atoms with van der Waals surface area (Å²) in [6.45, 7) is 7.62. The van der Waals surface area contributed by atoms with Gasteiger partial charge >= 0.3 is 12.1 Å². The van der Waals surface area contributed by atoms with Crippen molar-refractivity contribution >= 4 is 23.4 Å². The lowest BCUT2D eigenvalue weighted by Crippen LogP contribution is -2.44. The van der Waals surface area contributed by atoms with E-state index >= 15 is 0 Å². The van der Waals surface area contributed by atoms with Gasteiger partial charge in [-0.1, -0.05) is 6.92 Å². The Morgan fingerprint density at radius 3 is 2.68 bits per heavy atom. The molecule has 2 heterocycles. The standard InChI is InChI=1S/C15H21NO5S/c1-5-9-11-10(22-12(9)13(17)18)6-8(7-20-11)16-14(19)21-15(2,3)4/h8H,5-7H2,1-4H3,(H,16,19)(H,17,18). The maximum atomic E-state index is 11.8. The lowest BCUT2D eigenvalue weighted by Gasteiger charge is -2.26. The number of amides is 1. The number of hydrogen-bond donors (Lipinski definition) is 2. The smallest absolute Gasteiger partial charge is 0.408 e. The Morgan fingerprint density at radius 1 is 1.45 bits per heavy atom. The minimum Gasteiger partial charge on any atom is -0.490 e. The third-order valence-electron chi connectivity index (χ3n) is 3.16. The first-order valence-corrected chi connectivity index (χ1v) is 8.03. The second kappa shape index (κ2) is 6.16. The Morgan fingerprint density at radius 2 is 2.14 bits per heavy atom. The number of ether oxygens (including phenoxy) is 2. The molecule has 1 amide bonds. The molecule has 2 rings (SSSR count). The molecule has 1 atom stereocenters. The number of alkyl carbamates (subject to hydrolysis) is 1. The van der Waals surface area contributed by atoms with Gasteiger partial charge in [-0.3, -0.25) is 0 Å². The molecule has 1 aromatic heterocycles. The van der Waals surface area contributed by atoms with Gasteiger partial charge in [0.2, 0.25) is 0 Å². The maximum Gasteiger partial charge on any atom is 0.408 e. The molecule has 0 radical (unpaired) electrons. The van der Waals surface area contributed by atoms with E-state index in [4.69, 9.17) is 9.47 Å².